The van der Waals surface area contributed by atoms with Crippen LogP contribution in [0.3, 0.4) is 0 Å². The fourth-order valence-corrected chi connectivity index (χ4v) is 3.36. The molecule has 0 saturated heterocycles. The molecule has 0 N–H and O–H groups in total. The van der Waals surface area contributed by atoms with Gasteiger partial charge in [0.15, 0.2) is 5.52 Å². The van der Waals surface area contributed by atoms with E-state index in [4.69, 9.17) is 18.9 Å². The van der Waals surface area contributed by atoms with Crippen molar-refractivity contribution in [2.75, 3.05) is 27.9 Å². The van der Waals surface area contributed by atoms with Crippen LogP contribution >= 0.6 is 8.58 Å². The van der Waals surface area contributed by atoms with Gasteiger partial charge in [-0.15, -0.1) is 0 Å². The van der Waals surface area contributed by atoms with Crippen LogP contribution < -0.4 is 43.1 Å². The largest absolute Gasteiger partial charge is 1.00 e. The first-order valence-electron chi connectivity index (χ1n) is 8.47. The summed E-state index contributed by atoms with van der Waals surface area (Å²) in [4.78, 5) is 12.8. The number of hydrogen-bond donors (Lipinski definition) is 0. The van der Waals surface area contributed by atoms with E-state index in [1.165, 1.54) is 14.2 Å². The number of hydrogen-bond acceptors (Lipinski definition) is 5. The molecule has 2 aromatic carbocycles. The van der Waals surface area contributed by atoms with Gasteiger partial charge in [-0.3, -0.25) is 4.79 Å². The van der Waals surface area contributed by atoms with Gasteiger partial charge in [-0.25, -0.2) is 0 Å². The van der Waals surface area contributed by atoms with Crippen molar-refractivity contribution < 1.29 is 42.6 Å². The number of benzene rings is 2. The van der Waals surface area contributed by atoms with Crippen LogP contribution in [0.15, 0.2) is 36.4 Å². The number of methoxy groups -OCH3 is 3. The number of unbranched alkanes of at least 4 members (excludes halogenated alkanes) is 1. The zero-order chi connectivity index (χ0) is 18.9. The van der Waals surface area contributed by atoms with E-state index >= 15 is 0 Å². The number of carbonyl (C=O) groups is 1. The van der Waals surface area contributed by atoms with Gasteiger partial charge >= 0.3 is 18.9 Å². The van der Waals surface area contributed by atoms with Crippen molar-refractivity contribution in [2.45, 2.75) is 19.8 Å². The van der Waals surface area contributed by atoms with Crippen LogP contribution in [-0.4, -0.2) is 33.5 Å². The molecule has 0 radical (unpaired) electrons. The molecule has 0 aliphatic carbocycles. The van der Waals surface area contributed by atoms with Crippen molar-refractivity contribution in [1.82, 2.24) is 0 Å². The summed E-state index contributed by atoms with van der Waals surface area (Å²) >= 11 is 0. The van der Waals surface area contributed by atoms with E-state index in [0.29, 0.717) is 29.4 Å². The zero-order valence-corrected chi connectivity index (χ0v) is 17.6. The minimum atomic E-state index is -0.0546. The molecule has 7 heteroatoms. The summed E-state index contributed by atoms with van der Waals surface area (Å²) < 4.78 is 21.6. The Morgan fingerprint density at radius 1 is 0.926 bits per heavy atom. The minimum absolute atomic E-state index is 0. The second kappa shape index (κ2) is 11.9. The summed E-state index contributed by atoms with van der Waals surface area (Å²) in [6, 6.07) is 11.0. The van der Waals surface area contributed by atoms with Crippen LogP contribution in [0.25, 0.3) is 0 Å². The Kier molecular flexibility index (Phi) is 10.3. The number of carbonyl (C=O) groups excluding carboxylic acids is 1. The normalized spacial score (nSPS) is 10.4. The average molecular weight is 383 g/mol. The summed E-state index contributed by atoms with van der Waals surface area (Å²) in [5.74, 6) is 2.28. The first-order chi connectivity index (χ1) is 12.6. The summed E-state index contributed by atoms with van der Waals surface area (Å²) in [5, 5.41) is 0.928. The van der Waals surface area contributed by atoms with Crippen LogP contribution in [0.1, 0.15) is 30.1 Å². The van der Waals surface area contributed by atoms with Gasteiger partial charge in [0, 0.05) is 12.1 Å². The second-order valence-corrected chi connectivity index (χ2v) is 6.87. The molecule has 140 valence electrons. The molecule has 0 heterocycles. The van der Waals surface area contributed by atoms with E-state index in [2.05, 4.69) is 6.92 Å². The van der Waals surface area contributed by atoms with E-state index in [9.17, 15) is 4.79 Å². The zero-order valence-electron chi connectivity index (χ0n) is 16.6. The number of ether oxygens (including phenoxy) is 4. The van der Waals surface area contributed by atoms with E-state index in [1.54, 1.807) is 19.2 Å². The SMILES string of the molecule is CCCCOc1ccc(PC(=O)c2c(OC)cc(OC)cc2OC)cc1.[Li+]. The van der Waals surface area contributed by atoms with Gasteiger partial charge in [-0.1, -0.05) is 25.5 Å². The molecule has 0 aliphatic heterocycles. The molecular weight excluding hydrogens is 358 g/mol. The molecule has 0 bridgehead atoms. The first-order valence-corrected chi connectivity index (χ1v) is 9.47. The van der Waals surface area contributed by atoms with Crippen LogP contribution in [0, 0.1) is 0 Å². The van der Waals surface area contributed by atoms with Gasteiger partial charge in [0.1, 0.15) is 28.6 Å². The maximum atomic E-state index is 12.8. The fourth-order valence-electron chi connectivity index (χ4n) is 2.39. The van der Waals surface area contributed by atoms with Crippen molar-refractivity contribution in [3.63, 3.8) is 0 Å². The van der Waals surface area contributed by atoms with Crippen molar-refractivity contribution in [2.24, 2.45) is 0 Å². The molecule has 0 fully saturated rings. The summed E-state index contributed by atoms with van der Waals surface area (Å²) in [7, 11) is 4.56. The van der Waals surface area contributed by atoms with E-state index < -0.39 is 0 Å². The van der Waals surface area contributed by atoms with Crippen molar-refractivity contribution in [3.05, 3.63) is 42.0 Å². The van der Waals surface area contributed by atoms with Crippen molar-refractivity contribution in [1.29, 1.82) is 0 Å². The van der Waals surface area contributed by atoms with Crippen LogP contribution in [0.4, 0.5) is 0 Å². The van der Waals surface area contributed by atoms with Crippen molar-refractivity contribution in [3.8, 4) is 23.0 Å². The van der Waals surface area contributed by atoms with Gasteiger partial charge in [0.25, 0.3) is 0 Å². The standard InChI is InChI=1S/C20H25O5P.Li/c1-5-6-11-25-14-7-9-16(10-8-14)26-20(21)19-17(23-3)12-15(22-2)13-18(19)24-4;/h7-10,12-13,26H,5-6,11H2,1-4H3;/q;+1. The van der Waals surface area contributed by atoms with Gasteiger partial charge in [0.05, 0.1) is 27.9 Å². The third-order valence-corrected chi connectivity index (χ3v) is 4.92. The Morgan fingerprint density at radius 2 is 1.52 bits per heavy atom. The van der Waals surface area contributed by atoms with Crippen LogP contribution in [0.5, 0.6) is 23.0 Å². The molecule has 2 aromatic rings. The Hall–Kier alpha value is -1.66. The molecule has 1 unspecified atom stereocenters. The van der Waals surface area contributed by atoms with E-state index in [-0.39, 0.29) is 33.0 Å². The smallest absolute Gasteiger partial charge is 0.496 e. The van der Waals surface area contributed by atoms with Gasteiger partial charge < -0.3 is 18.9 Å². The molecular formula is C20H25LiO5P+. The molecule has 0 aliphatic rings. The minimum Gasteiger partial charge on any atom is -0.496 e. The van der Waals surface area contributed by atoms with E-state index in [0.717, 1.165) is 23.9 Å². The van der Waals surface area contributed by atoms with Crippen LogP contribution in [0.2, 0.25) is 0 Å². The average Bonchev–Trinajstić information content (AvgIpc) is 2.68. The monoisotopic (exact) mass is 383 g/mol. The topological polar surface area (TPSA) is 54.0 Å². The van der Waals surface area contributed by atoms with Crippen molar-refractivity contribution >= 4 is 19.4 Å². The summed E-state index contributed by atoms with van der Waals surface area (Å²) in [5.41, 5.74) is 0.374. The maximum Gasteiger partial charge on any atom is 1.00 e. The van der Waals surface area contributed by atoms with Gasteiger partial charge in [-0.05, 0) is 32.4 Å². The maximum absolute atomic E-state index is 12.8. The fraction of sp³-hybridized carbons (Fsp3) is 0.350. The summed E-state index contributed by atoms with van der Waals surface area (Å²) in [6.07, 6.45) is 2.12. The molecule has 5 nitrogen and oxygen atoms in total. The predicted octanol–water partition coefficient (Wildman–Crippen LogP) is 1.04. The Bertz CT molecular complexity index is 709. The molecule has 27 heavy (non-hydrogen) atoms. The molecule has 2 rings (SSSR count). The number of rotatable bonds is 10. The Morgan fingerprint density at radius 3 is 2.00 bits per heavy atom. The molecule has 0 amide bonds. The molecule has 1 atom stereocenters. The third kappa shape index (κ3) is 6.47. The van der Waals surface area contributed by atoms with Crippen LogP contribution in [-0.2, 0) is 0 Å². The Labute approximate surface area is 174 Å². The molecule has 0 spiro atoms. The second-order valence-electron chi connectivity index (χ2n) is 5.59. The Balaban J connectivity index is 0.00000364. The summed E-state index contributed by atoms with van der Waals surface area (Å²) in [6.45, 7) is 2.83. The molecule has 0 saturated carbocycles. The van der Waals surface area contributed by atoms with E-state index in [1.807, 2.05) is 24.3 Å². The quantitative estimate of drug-likeness (QED) is 0.349. The predicted molar refractivity (Wildman–Crippen MR) is 105 cm³/mol. The van der Waals surface area contributed by atoms with Gasteiger partial charge in [-0.2, -0.15) is 0 Å². The molecule has 0 aromatic heterocycles. The first kappa shape index (κ1) is 23.4. The third-order valence-electron chi connectivity index (χ3n) is 3.82. The van der Waals surface area contributed by atoms with Gasteiger partial charge in [0.2, 0.25) is 0 Å².